The summed E-state index contributed by atoms with van der Waals surface area (Å²) in [6.45, 7) is 9.47. The Labute approximate surface area is 126 Å². The highest BCUT2D eigenvalue weighted by Crippen LogP contribution is 2.19. The molecule has 0 spiro atoms. The first-order chi connectivity index (χ1) is 9.73. The molecule has 0 radical (unpaired) electrons. The number of aliphatic carboxylic acids is 1. The van der Waals surface area contributed by atoms with Gasteiger partial charge in [-0.1, -0.05) is 6.92 Å². The first kappa shape index (κ1) is 17.8. The van der Waals surface area contributed by atoms with E-state index < -0.39 is 17.6 Å². The van der Waals surface area contributed by atoms with Crippen LogP contribution in [-0.4, -0.2) is 53.3 Å². The minimum absolute atomic E-state index is 0.258. The largest absolute Gasteiger partial charge is 0.480 e. The van der Waals surface area contributed by atoms with Gasteiger partial charge in [0.1, 0.15) is 11.6 Å². The van der Waals surface area contributed by atoms with Crippen LogP contribution in [0.3, 0.4) is 0 Å². The lowest BCUT2D eigenvalue weighted by Gasteiger charge is -2.33. The molecule has 6 heteroatoms. The number of carbonyl (C=O) groups excluding carboxylic acids is 1. The number of amides is 1. The zero-order valence-electron chi connectivity index (χ0n) is 13.5. The quantitative estimate of drug-likeness (QED) is 0.813. The van der Waals surface area contributed by atoms with Gasteiger partial charge in [0.2, 0.25) is 0 Å². The molecule has 0 aliphatic carbocycles. The average molecular weight is 300 g/mol. The lowest BCUT2D eigenvalue weighted by Crippen LogP contribution is -2.45. The van der Waals surface area contributed by atoms with Gasteiger partial charge in [-0.3, -0.25) is 4.79 Å². The van der Waals surface area contributed by atoms with Gasteiger partial charge in [-0.2, -0.15) is 0 Å². The zero-order valence-corrected chi connectivity index (χ0v) is 13.5. The Balaban J connectivity index is 2.32. The molecule has 0 aromatic rings. The second-order valence-electron chi connectivity index (χ2n) is 6.62. The van der Waals surface area contributed by atoms with Crippen LogP contribution in [0.15, 0.2) is 0 Å². The normalized spacial score (nSPS) is 18.4. The molecule has 1 aliphatic heterocycles. The Morgan fingerprint density at radius 3 is 2.33 bits per heavy atom. The maximum absolute atomic E-state index is 11.9. The molecule has 1 rings (SSSR count). The van der Waals surface area contributed by atoms with Crippen LogP contribution in [0.4, 0.5) is 4.79 Å². The van der Waals surface area contributed by atoms with Crippen molar-refractivity contribution in [2.45, 2.75) is 58.6 Å². The molecule has 122 valence electrons. The predicted molar refractivity (Wildman–Crippen MR) is 80.2 cm³/mol. The number of nitrogens with one attached hydrogen (secondary N) is 1. The topological polar surface area (TPSA) is 78.9 Å². The molecular formula is C15H28N2O4. The van der Waals surface area contributed by atoms with Crippen LogP contribution in [0.2, 0.25) is 0 Å². The van der Waals surface area contributed by atoms with Crippen molar-refractivity contribution >= 4 is 12.1 Å². The fourth-order valence-electron chi connectivity index (χ4n) is 2.36. The molecule has 1 heterocycles. The molecule has 2 N–H and O–H groups in total. The Morgan fingerprint density at radius 1 is 1.33 bits per heavy atom. The van der Waals surface area contributed by atoms with Crippen molar-refractivity contribution in [3.05, 3.63) is 0 Å². The van der Waals surface area contributed by atoms with E-state index in [9.17, 15) is 9.59 Å². The number of likely N-dealkylation sites (tertiary alicyclic amines) is 1. The zero-order chi connectivity index (χ0) is 16.0. The number of piperidine rings is 1. The van der Waals surface area contributed by atoms with Crippen LogP contribution in [0.5, 0.6) is 0 Å². The summed E-state index contributed by atoms with van der Waals surface area (Å²) in [6.07, 6.45) is 2.07. The van der Waals surface area contributed by atoms with Crippen molar-refractivity contribution < 1.29 is 19.4 Å². The lowest BCUT2D eigenvalue weighted by molar-refractivity contribution is -0.139. The SMILES string of the molecule is CCC(NCC1CCN(C(=O)OC(C)(C)C)CC1)C(=O)O. The van der Waals surface area contributed by atoms with E-state index in [0.29, 0.717) is 32.0 Å². The Morgan fingerprint density at radius 2 is 1.90 bits per heavy atom. The first-order valence-corrected chi connectivity index (χ1v) is 7.67. The smallest absolute Gasteiger partial charge is 0.410 e. The molecule has 0 aromatic heterocycles. The van der Waals surface area contributed by atoms with Gasteiger partial charge in [0.05, 0.1) is 0 Å². The van der Waals surface area contributed by atoms with Gasteiger partial charge >= 0.3 is 12.1 Å². The third kappa shape index (κ3) is 6.33. The van der Waals surface area contributed by atoms with Gasteiger partial charge < -0.3 is 20.1 Å². The maximum atomic E-state index is 11.9. The summed E-state index contributed by atoms with van der Waals surface area (Å²) in [5.74, 6) is -0.388. The summed E-state index contributed by atoms with van der Waals surface area (Å²) in [5, 5.41) is 12.1. The second kappa shape index (κ2) is 7.64. The second-order valence-corrected chi connectivity index (χ2v) is 6.62. The van der Waals surface area contributed by atoms with E-state index in [1.54, 1.807) is 4.90 Å². The van der Waals surface area contributed by atoms with E-state index in [4.69, 9.17) is 9.84 Å². The van der Waals surface area contributed by atoms with Crippen LogP contribution >= 0.6 is 0 Å². The third-order valence-corrected chi connectivity index (χ3v) is 3.63. The van der Waals surface area contributed by atoms with Gasteiger partial charge in [-0.05, 0) is 52.5 Å². The van der Waals surface area contributed by atoms with Gasteiger partial charge in [0.25, 0.3) is 0 Å². The van der Waals surface area contributed by atoms with Gasteiger partial charge in [-0.25, -0.2) is 4.79 Å². The highest BCUT2D eigenvalue weighted by Gasteiger charge is 2.27. The molecule has 6 nitrogen and oxygen atoms in total. The van der Waals surface area contributed by atoms with E-state index in [2.05, 4.69) is 5.32 Å². The molecule has 1 atom stereocenters. The molecule has 1 saturated heterocycles. The molecular weight excluding hydrogens is 272 g/mol. The highest BCUT2D eigenvalue weighted by atomic mass is 16.6. The number of carboxylic acids is 1. The Kier molecular flexibility index (Phi) is 6.45. The predicted octanol–water partition coefficient (Wildman–Crippen LogP) is 2.09. The number of ether oxygens (including phenoxy) is 1. The number of hydrogen-bond donors (Lipinski definition) is 2. The van der Waals surface area contributed by atoms with E-state index in [1.807, 2.05) is 27.7 Å². The molecule has 0 aromatic carbocycles. The first-order valence-electron chi connectivity index (χ1n) is 7.67. The Hall–Kier alpha value is -1.30. The van der Waals surface area contributed by atoms with Crippen molar-refractivity contribution in [3.8, 4) is 0 Å². The lowest BCUT2D eigenvalue weighted by atomic mass is 9.96. The van der Waals surface area contributed by atoms with E-state index in [-0.39, 0.29) is 6.09 Å². The molecule has 1 unspecified atom stereocenters. The minimum atomic E-state index is -0.802. The molecule has 0 saturated carbocycles. The van der Waals surface area contributed by atoms with E-state index in [0.717, 1.165) is 12.8 Å². The summed E-state index contributed by atoms with van der Waals surface area (Å²) < 4.78 is 5.35. The number of rotatable bonds is 5. The standard InChI is InChI=1S/C15H28N2O4/c1-5-12(13(18)19)16-10-11-6-8-17(9-7-11)14(20)21-15(2,3)4/h11-12,16H,5-10H2,1-4H3,(H,18,19). The summed E-state index contributed by atoms with van der Waals surface area (Å²) in [5.41, 5.74) is -0.467. The number of hydrogen-bond acceptors (Lipinski definition) is 4. The summed E-state index contributed by atoms with van der Waals surface area (Å²) in [4.78, 5) is 24.6. The molecule has 0 bridgehead atoms. The van der Waals surface area contributed by atoms with Crippen molar-refractivity contribution in [1.82, 2.24) is 10.2 Å². The van der Waals surface area contributed by atoms with Crippen molar-refractivity contribution in [1.29, 1.82) is 0 Å². The van der Waals surface area contributed by atoms with Crippen molar-refractivity contribution in [3.63, 3.8) is 0 Å². The molecule has 21 heavy (non-hydrogen) atoms. The molecule has 1 fully saturated rings. The monoisotopic (exact) mass is 300 g/mol. The molecule has 1 aliphatic rings. The van der Waals surface area contributed by atoms with Crippen molar-refractivity contribution in [2.24, 2.45) is 5.92 Å². The van der Waals surface area contributed by atoms with Gasteiger partial charge in [0.15, 0.2) is 0 Å². The van der Waals surface area contributed by atoms with E-state index in [1.165, 1.54) is 0 Å². The molecule has 1 amide bonds. The van der Waals surface area contributed by atoms with Crippen molar-refractivity contribution in [2.75, 3.05) is 19.6 Å². The van der Waals surface area contributed by atoms with Crippen LogP contribution in [0.25, 0.3) is 0 Å². The van der Waals surface area contributed by atoms with E-state index >= 15 is 0 Å². The Bertz CT molecular complexity index is 357. The fraction of sp³-hybridized carbons (Fsp3) is 0.867. The van der Waals surface area contributed by atoms with Crippen LogP contribution in [0.1, 0.15) is 47.0 Å². The summed E-state index contributed by atoms with van der Waals surface area (Å²) in [6, 6.07) is -0.478. The average Bonchev–Trinajstić information content (AvgIpc) is 2.37. The fourth-order valence-corrected chi connectivity index (χ4v) is 2.36. The number of carboxylic acid groups (broad SMARTS) is 1. The van der Waals surface area contributed by atoms with Crippen LogP contribution < -0.4 is 5.32 Å². The number of carbonyl (C=O) groups is 2. The van der Waals surface area contributed by atoms with Gasteiger partial charge in [-0.15, -0.1) is 0 Å². The van der Waals surface area contributed by atoms with Gasteiger partial charge in [0, 0.05) is 13.1 Å². The minimum Gasteiger partial charge on any atom is -0.480 e. The summed E-state index contributed by atoms with van der Waals surface area (Å²) in [7, 11) is 0. The summed E-state index contributed by atoms with van der Waals surface area (Å²) >= 11 is 0. The highest BCUT2D eigenvalue weighted by molar-refractivity contribution is 5.73. The number of nitrogens with zero attached hydrogens (tertiary/aromatic N) is 1. The van der Waals surface area contributed by atoms with Crippen LogP contribution in [0, 0.1) is 5.92 Å². The van der Waals surface area contributed by atoms with Crippen LogP contribution in [-0.2, 0) is 9.53 Å². The maximum Gasteiger partial charge on any atom is 0.410 e. The third-order valence-electron chi connectivity index (χ3n) is 3.63.